The number of nitrogens with zero attached hydrogens (tertiary/aromatic N) is 2. The molecule has 3 aromatic carbocycles. The molecule has 6 bridgehead atoms. The predicted molar refractivity (Wildman–Crippen MR) is 210 cm³/mol. The molecular formula is C44H46N4O5. The molecule has 53 heavy (non-hydrogen) atoms. The zero-order valence-corrected chi connectivity index (χ0v) is 30.3. The first-order chi connectivity index (χ1) is 25.4. The van der Waals surface area contributed by atoms with Crippen molar-refractivity contribution in [3.63, 3.8) is 0 Å². The summed E-state index contributed by atoms with van der Waals surface area (Å²) in [4.78, 5) is 4.06. The van der Waals surface area contributed by atoms with Gasteiger partial charge in [0.25, 0.3) is 0 Å². The minimum absolute atomic E-state index is 0.0894. The van der Waals surface area contributed by atoms with E-state index >= 15 is 0 Å². The molecule has 5 unspecified atom stereocenters. The van der Waals surface area contributed by atoms with E-state index in [1.165, 1.54) is 0 Å². The van der Waals surface area contributed by atoms with Crippen LogP contribution in [0.3, 0.4) is 0 Å². The van der Waals surface area contributed by atoms with Crippen molar-refractivity contribution in [1.82, 2.24) is 9.80 Å². The molecule has 1 aromatic heterocycles. The molecule has 0 aliphatic carbocycles. The van der Waals surface area contributed by atoms with Gasteiger partial charge in [-0.2, -0.15) is 0 Å². The summed E-state index contributed by atoms with van der Waals surface area (Å²) >= 11 is 0. The third-order valence-corrected chi connectivity index (χ3v) is 11.1. The van der Waals surface area contributed by atoms with Gasteiger partial charge in [-0.05, 0) is 73.5 Å². The second-order valence-corrected chi connectivity index (χ2v) is 15.1. The topological polar surface area (TPSA) is 125 Å². The van der Waals surface area contributed by atoms with Crippen molar-refractivity contribution >= 4 is 28.6 Å². The first-order valence-corrected chi connectivity index (χ1v) is 18.1. The number of hydrogen-bond acceptors (Lipinski definition) is 9. The fourth-order valence-electron chi connectivity index (χ4n) is 8.29. The van der Waals surface area contributed by atoms with Gasteiger partial charge in [0.2, 0.25) is 0 Å². The molecule has 4 aromatic rings. The van der Waals surface area contributed by atoms with Gasteiger partial charge in [0.05, 0.1) is 29.8 Å². The predicted octanol–water partition coefficient (Wildman–Crippen LogP) is 7.64. The molecule has 9 rings (SSSR count). The van der Waals surface area contributed by atoms with Crippen LogP contribution in [0.4, 0.5) is 11.6 Å². The minimum Gasteiger partial charge on any atom is -0.508 e. The summed E-state index contributed by atoms with van der Waals surface area (Å²) in [5, 5.41) is 55.3. The summed E-state index contributed by atoms with van der Waals surface area (Å²) < 4.78 is 6.76. The normalized spacial score (nSPS) is 26.6. The standard InChI is InChI=1S/C44H46N4O5/c1-43(2,50)41-34-25-33-32-19-21-36(39(40(32)53-42(33)46-41)38-16-10-11-23-47(38)3)45-35(27-12-6-5-7-13-27)20-18-30(49)24-28-14-8-9-15-31(28)37-22-17-29(26-48(37)4)44(34,51)52/h5-24,26,34-35,37-38,41,45-46,49-52H,25H2,1-4H3/b20-18-,30-24-. The summed E-state index contributed by atoms with van der Waals surface area (Å²) in [5.41, 5.74) is 4.95. The van der Waals surface area contributed by atoms with Crippen LogP contribution in [-0.2, 0) is 6.42 Å². The Morgan fingerprint density at radius 3 is 2.38 bits per heavy atom. The third-order valence-electron chi connectivity index (χ3n) is 11.1. The highest BCUT2D eigenvalue weighted by Crippen LogP contribution is 2.48. The summed E-state index contributed by atoms with van der Waals surface area (Å²) in [5.74, 6) is -2.60. The number of fused-ring (bicyclic) bond motifs is 4. The number of likely N-dealkylation sites (N-methyl/N-ethyl adjacent to an activating group) is 2. The number of aliphatic hydroxyl groups excluding tert-OH is 1. The molecule has 0 saturated heterocycles. The largest absolute Gasteiger partial charge is 0.508 e. The number of anilines is 2. The van der Waals surface area contributed by atoms with Crippen molar-refractivity contribution in [2.75, 3.05) is 24.7 Å². The van der Waals surface area contributed by atoms with E-state index in [9.17, 15) is 20.4 Å². The fourth-order valence-corrected chi connectivity index (χ4v) is 8.29. The van der Waals surface area contributed by atoms with Crippen LogP contribution in [-0.4, -0.2) is 61.8 Å². The number of nitrogens with one attached hydrogen (secondary N) is 2. The molecule has 5 aliphatic heterocycles. The average molecular weight is 711 g/mol. The number of allylic oxidation sites excluding steroid dienone is 3. The van der Waals surface area contributed by atoms with Gasteiger partial charge in [-0.15, -0.1) is 0 Å². The maximum absolute atomic E-state index is 12.2. The van der Waals surface area contributed by atoms with E-state index in [0.29, 0.717) is 17.0 Å². The van der Waals surface area contributed by atoms with E-state index < -0.39 is 23.3 Å². The fraction of sp³-hybridized carbons (Fsp3) is 0.273. The van der Waals surface area contributed by atoms with Crippen LogP contribution in [0.5, 0.6) is 0 Å². The van der Waals surface area contributed by atoms with Gasteiger partial charge < -0.3 is 45.3 Å². The van der Waals surface area contributed by atoms with Gasteiger partial charge in [0.1, 0.15) is 11.3 Å². The lowest BCUT2D eigenvalue weighted by Crippen LogP contribution is -2.58. The van der Waals surface area contributed by atoms with E-state index in [1.807, 2.05) is 104 Å². The monoisotopic (exact) mass is 710 g/mol. The molecule has 0 amide bonds. The molecule has 0 radical (unpaired) electrons. The quantitative estimate of drug-likeness (QED) is 0.119. The van der Waals surface area contributed by atoms with Crippen molar-refractivity contribution in [3.8, 4) is 0 Å². The zero-order chi connectivity index (χ0) is 37.1. The average Bonchev–Trinajstić information content (AvgIpc) is 3.51. The molecule has 5 atom stereocenters. The minimum atomic E-state index is -2.33. The molecule has 6 heterocycles. The Morgan fingerprint density at radius 2 is 1.62 bits per heavy atom. The summed E-state index contributed by atoms with van der Waals surface area (Å²) in [6.45, 7) is 3.35. The second kappa shape index (κ2) is 13.2. The van der Waals surface area contributed by atoms with Gasteiger partial charge in [0.15, 0.2) is 11.7 Å². The van der Waals surface area contributed by atoms with Crippen LogP contribution < -0.4 is 10.6 Å². The Hall–Kier alpha value is -5.48. The number of aliphatic hydroxyl groups is 4. The Morgan fingerprint density at radius 1 is 0.849 bits per heavy atom. The molecule has 0 saturated carbocycles. The van der Waals surface area contributed by atoms with Crippen molar-refractivity contribution in [3.05, 3.63) is 161 Å². The highest BCUT2D eigenvalue weighted by Gasteiger charge is 2.51. The number of benzene rings is 3. The molecule has 5 aliphatic rings. The molecule has 9 nitrogen and oxygen atoms in total. The second-order valence-electron chi connectivity index (χ2n) is 15.1. The summed E-state index contributed by atoms with van der Waals surface area (Å²) in [7, 11) is 3.92. The van der Waals surface area contributed by atoms with Gasteiger partial charge in [-0.1, -0.05) is 85.0 Å². The lowest BCUT2D eigenvalue weighted by Gasteiger charge is -2.46. The number of hydrogen-bond donors (Lipinski definition) is 6. The highest BCUT2D eigenvalue weighted by molar-refractivity contribution is 5.93. The Labute approximate surface area is 309 Å². The smallest absolute Gasteiger partial charge is 0.197 e. The van der Waals surface area contributed by atoms with Crippen LogP contribution in [0.25, 0.3) is 17.0 Å². The maximum atomic E-state index is 12.2. The zero-order valence-electron chi connectivity index (χ0n) is 30.3. The molecule has 0 fully saturated rings. The van der Waals surface area contributed by atoms with Crippen LogP contribution in [0.1, 0.15) is 59.8 Å². The maximum Gasteiger partial charge on any atom is 0.197 e. The lowest BCUT2D eigenvalue weighted by molar-refractivity contribution is -0.183. The van der Waals surface area contributed by atoms with Crippen LogP contribution in [0.2, 0.25) is 0 Å². The summed E-state index contributed by atoms with van der Waals surface area (Å²) in [6.07, 6.45) is 19.3. The SMILES string of the molecule is CN1C=C2C=CC1c1ccccc1/C=C(O)/C=C\C(c1ccccc1)Nc1ccc3c4c(oc3c1C1C=CC=CN1C)NC(C(C)(C)O)C(C4)C2(O)O. The van der Waals surface area contributed by atoms with Crippen molar-refractivity contribution in [1.29, 1.82) is 0 Å². The number of rotatable bonds is 3. The van der Waals surface area contributed by atoms with Gasteiger partial charge in [-0.25, -0.2) is 0 Å². The van der Waals surface area contributed by atoms with E-state index in [0.717, 1.165) is 38.9 Å². The molecule has 0 spiro atoms. The number of furan rings is 1. The Bertz CT molecular complexity index is 2220. The molecule has 6 N–H and O–H groups in total. The Balaban J connectivity index is 1.37. The first kappa shape index (κ1) is 34.6. The molecular weight excluding hydrogens is 665 g/mol. The molecule has 272 valence electrons. The highest BCUT2D eigenvalue weighted by atomic mass is 16.5. The van der Waals surface area contributed by atoms with Crippen molar-refractivity contribution in [2.24, 2.45) is 5.92 Å². The molecule has 9 heteroatoms. The first-order valence-electron chi connectivity index (χ1n) is 18.1. The van der Waals surface area contributed by atoms with Crippen molar-refractivity contribution in [2.45, 2.75) is 55.8 Å². The van der Waals surface area contributed by atoms with Gasteiger partial charge >= 0.3 is 0 Å². The van der Waals surface area contributed by atoms with Crippen LogP contribution >= 0.6 is 0 Å². The van der Waals surface area contributed by atoms with E-state index in [-0.39, 0.29) is 30.3 Å². The van der Waals surface area contributed by atoms with Gasteiger partial charge in [0, 0.05) is 54.0 Å². The third kappa shape index (κ3) is 6.24. The van der Waals surface area contributed by atoms with Crippen LogP contribution in [0, 0.1) is 5.92 Å². The van der Waals surface area contributed by atoms with Crippen LogP contribution in [0.15, 0.2) is 137 Å². The Kier molecular flexibility index (Phi) is 8.60. The van der Waals surface area contributed by atoms with Crippen molar-refractivity contribution < 1.29 is 24.8 Å². The van der Waals surface area contributed by atoms with Gasteiger partial charge in [-0.3, -0.25) is 0 Å². The van der Waals surface area contributed by atoms with E-state index in [4.69, 9.17) is 4.42 Å². The lowest BCUT2D eigenvalue weighted by atomic mass is 9.73. The summed E-state index contributed by atoms with van der Waals surface area (Å²) in [6, 6.07) is 20.5. The van der Waals surface area contributed by atoms with E-state index in [2.05, 4.69) is 33.7 Å². The van der Waals surface area contributed by atoms with E-state index in [1.54, 1.807) is 38.3 Å².